The summed E-state index contributed by atoms with van der Waals surface area (Å²) in [5.41, 5.74) is 1.04. The minimum absolute atomic E-state index is 0.217. The molecule has 0 radical (unpaired) electrons. The highest BCUT2D eigenvalue weighted by atomic mass is 16.5. The van der Waals surface area contributed by atoms with Crippen LogP contribution in [0.5, 0.6) is 5.75 Å². The molecule has 1 N–H and O–H groups in total. The number of rotatable bonds is 4. The average Bonchev–Trinajstić information content (AvgIpc) is 2.74. The third-order valence-corrected chi connectivity index (χ3v) is 4.10. The number of hydrogen-bond donors (Lipinski definition) is 1. The summed E-state index contributed by atoms with van der Waals surface area (Å²) in [4.78, 5) is 14.5. The molecule has 21 heavy (non-hydrogen) atoms. The Morgan fingerprint density at radius 2 is 2.10 bits per heavy atom. The molecule has 0 bridgehead atoms. The smallest absolute Gasteiger partial charge is 0.227 e. The first-order chi connectivity index (χ1) is 10.1. The largest absolute Gasteiger partial charge is 0.497 e. The van der Waals surface area contributed by atoms with Crippen molar-refractivity contribution in [1.29, 1.82) is 0 Å². The molecule has 4 heteroatoms. The Hall–Kier alpha value is -1.55. The Labute approximate surface area is 127 Å². The Morgan fingerprint density at radius 1 is 1.38 bits per heavy atom. The van der Waals surface area contributed by atoms with E-state index in [0.29, 0.717) is 18.4 Å². The predicted octanol–water partition coefficient (Wildman–Crippen LogP) is 2.08. The number of nitrogens with one attached hydrogen (secondary N) is 1. The molecule has 1 heterocycles. The van der Waals surface area contributed by atoms with Crippen molar-refractivity contribution in [3.8, 4) is 5.75 Å². The van der Waals surface area contributed by atoms with E-state index in [0.717, 1.165) is 37.4 Å². The van der Waals surface area contributed by atoms with E-state index >= 15 is 0 Å². The van der Waals surface area contributed by atoms with E-state index in [1.165, 1.54) is 0 Å². The lowest BCUT2D eigenvalue weighted by Gasteiger charge is -2.27. The minimum atomic E-state index is 0.217. The van der Waals surface area contributed by atoms with Crippen LogP contribution < -0.4 is 10.1 Å². The molecule has 0 saturated carbocycles. The SMILES string of the molecule is COc1ccc(CC(=O)N2CCCNC(C(C)C)C2)cc1. The average molecular weight is 290 g/mol. The molecule has 4 nitrogen and oxygen atoms in total. The fraction of sp³-hybridized carbons (Fsp3) is 0.588. The van der Waals surface area contributed by atoms with Crippen LogP contribution in [-0.2, 0) is 11.2 Å². The van der Waals surface area contributed by atoms with Gasteiger partial charge in [0.25, 0.3) is 0 Å². The Balaban J connectivity index is 1.97. The van der Waals surface area contributed by atoms with Crippen molar-refractivity contribution in [2.24, 2.45) is 5.92 Å². The minimum Gasteiger partial charge on any atom is -0.497 e. The number of nitrogens with zero attached hydrogens (tertiary/aromatic N) is 1. The van der Waals surface area contributed by atoms with Crippen molar-refractivity contribution in [3.63, 3.8) is 0 Å². The normalized spacial score (nSPS) is 19.4. The molecule has 2 rings (SSSR count). The van der Waals surface area contributed by atoms with Crippen LogP contribution in [0.2, 0.25) is 0 Å². The third-order valence-electron chi connectivity index (χ3n) is 4.10. The van der Waals surface area contributed by atoms with E-state index in [9.17, 15) is 4.79 Å². The van der Waals surface area contributed by atoms with E-state index in [1.807, 2.05) is 29.2 Å². The van der Waals surface area contributed by atoms with Gasteiger partial charge in [0, 0.05) is 19.1 Å². The van der Waals surface area contributed by atoms with E-state index < -0.39 is 0 Å². The Kier molecular flexibility index (Phi) is 5.62. The fourth-order valence-corrected chi connectivity index (χ4v) is 2.65. The van der Waals surface area contributed by atoms with E-state index in [1.54, 1.807) is 7.11 Å². The molecule has 1 aliphatic rings. The van der Waals surface area contributed by atoms with Gasteiger partial charge in [-0.25, -0.2) is 0 Å². The van der Waals surface area contributed by atoms with Crippen LogP contribution in [0, 0.1) is 5.92 Å². The summed E-state index contributed by atoms with van der Waals surface area (Å²) in [6, 6.07) is 8.14. The number of benzene rings is 1. The number of carbonyl (C=O) groups excluding carboxylic acids is 1. The fourth-order valence-electron chi connectivity index (χ4n) is 2.65. The molecule has 1 fully saturated rings. The summed E-state index contributed by atoms with van der Waals surface area (Å²) in [6.45, 7) is 7.07. The third kappa shape index (κ3) is 4.46. The molecular weight excluding hydrogens is 264 g/mol. The van der Waals surface area contributed by atoms with Gasteiger partial charge < -0.3 is 15.0 Å². The van der Waals surface area contributed by atoms with E-state index in [-0.39, 0.29) is 5.91 Å². The van der Waals surface area contributed by atoms with Gasteiger partial charge >= 0.3 is 0 Å². The zero-order valence-corrected chi connectivity index (χ0v) is 13.3. The number of methoxy groups -OCH3 is 1. The van der Waals surface area contributed by atoms with Crippen LogP contribution in [0.1, 0.15) is 25.8 Å². The van der Waals surface area contributed by atoms with Crippen molar-refractivity contribution in [3.05, 3.63) is 29.8 Å². The monoisotopic (exact) mass is 290 g/mol. The molecule has 1 aromatic rings. The molecule has 1 unspecified atom stereocenters. The van der Waals surface area contributed by atoms with Gasteiger partial charge in [0.05, 0.1) is 13.5 Å². The standard InChI is InChI=1S/C17H26N2O2/c1-13(2)16-12-19(10-4-9-18-16)17(20)11-14-5-7-15(21-3)8-6-14/h5-8,13,16,18H,4,9-12H2,1-3H3. The van der Waals surface area contributed by atoms with Crippen LogP contribution in [0.15, 0.2) is 24.3 Å². The van der Waals surface area contributed by atoms with Crippen LogP contribution in [0.25, 0.3) is 0 Å². The summed E-state index contributed by atoms with van der Waals surface area (Å²) in [7, 11) is 1.65. The van der Waals surface area contributed by atoms with Gasteiger partial charge in [-0.1, -0.05) is 26.0 Å². The van der Waals surface area contributed by atoms with Crippen LogP contribution in [0.4, 0.5) is 0 Å². The topological polar surface area (TPSA) is 41.6 Å². The van der Waals surface area contributed by atoms with Crippen molar-refractivity contribution in [2.75, 3.05) is 26.7 Å². The second kappa shape index (κ2) is 7.46. The summed E-state index contributed by atoms with van der Waals surface area (Å²) < 4.78 is 5.14. The van der Waals surface area contributed by atoms with Crippen molar-refractivity contribution < 1.29 is 9.53 Å². The molecule has 1 atom stereocenters. The maximum Gasteiger partial charge on any atom is 0.227 e. The van der Waals surface area contributed by atoms with Crippen molar-refractivity contribution >= 4 is 5.91 Å². The molecule has 1 aromatic carbocycles. The highest BCUT2D eigenvalue weighted by molar-refractivity contribution is 5.78. The number of carbonyl (C=O) groups is 1. The first-order valence-corrected chi connectivity index (χ1v) is 7.74. The summed E-state index contributed by atoms with van der Waals surface area (Å²) in [5.74, 6) is 1.58. The Morgan fingerprint density at radius 3 is 2.71 bits per heavy atom. The van der Waals surface area contributed by atoms with Crippen LogP contribution in [-0.4, -0.2) is 43.6 Å². The summed E-state index contributed by atoms with van der Waals surface area (Å²) in [6.07, 6.45) is 1.49. The van der Waals surface area contributed by atoms with Gasteiger partial charge in [-0.2, -0.15) is 0 Å². The summed E-state index contributed by atoms with van der Waals surface area (Å²) in [5, 5.41) is 3.53. The molecule has 0 aliphatic carbocycles. The quantitative estimate of drug-likeness (QED) is 0.923. The highest BCUT2D eigenvalue weighted by Gasteiger charge is 2.23. The van der Waals surface area contributed by atoms with E-state index in [2.05, 4.69) is 19.2 Å². The maximum absolute atomic E-state index is 12.5. The molecule has 1 saturated heterocycles. The molecule has 1 aliphatic heterocycles. The lowest BCUT2D eigenvalue weighted by Crippen LogP contribution is -2.43. The maximum atomic E-state index is 12.5. The van der Waals surface area contributed by atoms with Gasteiger partial charge in [0.15, 0.2) is 0 Å². The van der Waals surface area contributed by atoms with Crippen LogP contribution >= 0.6 is 0 Å². The van der Waals surface area contributed by atoms with Gasteiger partial charge in [-0.15, -0.1) is 0 Å². The summed E-state index contributed by atoms with van der Waals surface area (Å²) >= 11 is 0. The lowest BCUT2D eigenvalue weighted by molar-refractivity contribution is -0.130. The number of ether oxygens (including phenoxy) is 1. The lowest BCUT2D eigenvalue weighted by atomic mass is 10.0. The molecular formula is C17H26N2O2. The number of hydrogen-bond acceptors (Lipinski definition) is 3. The van der Waals surface area contributed by atoms with E-state index in [4.69, 9.17) is 4.74 Å². The molecule has 0 spiro atoms. The van der Waals surface area contributed by atoms with Crippen molar-refractivity contribution in [2.45, 2.75) is 32.7 Å². The second-order valence-electron chi connectivity index (χ2n) is 6.02. The molecule has 1 amide bonds. The second-order valence-corrected chi connectivity index (χ2v) is 6.02. The van der Waals surface area contributed by atoms with Gasteiger partial charge in [-0.3, -0.25) is 4.79 Å². The first-order valence-electron chi connectivity index (χ1n) is 7.74. The zero-order valence-electron chi connectivity index (χ0n) is 13.3. The number of amides is 1. The Bertz CT molecular complexity index is 456. The molecule has 0 aromatic heterocycles. The molecule has 116 valence electrons. The van der Waals surface area contributed by atoms with Crippen molar-refractivity contribution in [1.82, 2.24) is 10.2 Å². The van der Waals surface area contributed by atoms with Crippen LogP contribution in [0.3, 0.4) is 0 Å². The highest BCUT2D eigenvalue weighted by Crippen LogP contribution is 2.14. The zero-order chi connectivity index (χ0) is 15.2. The van der Waals surface area contributed by atoms with Gasteiger partial charge in [-0.05, 0) is 36.6 Å². The first kappa shape index (κ1) is 15.8. The predicted molar refractivity (Wildman–Crippen MR) is 84.5 cm³/mol. The van der Waals surface area contributed by atoms with Gasteiger partial charge in [0.1, 0.15) is 5.75 Å². The van der Waals surface area contributed by atoms with Gasteiger partial charge in [0.2, 0.25) is 5.91 Å².